The molecule has 0 fully saturated rings. The fraction of sp³-hybridized carbons (Fsp3) is 0.533. The van der Waals surface area contributed by atoms with Crippen molar-refractivity contribution in [2.75, 3.05) is 12.8 Å². The summed E-state index contributed by atoms with van der Waals surface area (Å²) in [6.45, 7) is 4.08. The second-order valence-electron chi connectivity index (χ2n) is 4.82. The van der Waals surface area contributed by atoms with E-state index in [1.54, 1.807) is 0 Å². The van der Waals surface area contributed by atoms with Crippen LogP contribution in [-0.4, -0.2) is 18.3 Å². The molecule has 0 saturated carbocycles. The van der Waals surface area contributed by atoms with Crippen LogP contribution >= 0.6 is 11.8 Å². The molecule has 0 aliphatic rings. The van der Waals surface area contributed by atoms with E-state index in [0.29, 0.717) is 0 Å². The molecule has 1 unspecified atom stereocenters. The first-order valence-electron chi connectivity index (χ1n) is 6.39. The van der Waals surface area contributed by atoms with Gasteiger partial charge >= 0.3 is 0 Å². The number of unbranched alkanes of at least 4 members (excludes halogenated alkanes) is 1. The first-order chi connectivity index (χ1) is 8.59. The maximum atomic E-state index is 9.03. The SMILES string of the molecule is CNC(C)(C#N)CCCCSc1cccc(C)c1. The highest BCUT2D eigenvalue weighted by atomic mass is 32.2. The minimum atomic E-state index is -0.367. The minimum absolute atomic E-state index is 0.367. The molecule has 1 aromatic rings. The summed E-state index contributed by atoms with van der Waals surface area (Å²) >= 11 is 1.90. The summed E-state index contributed by atoms with van der Waals surface area (Å²) in [5.41, 5.74) is 0.945. The van der Waals surface area contributed by atoms with E-state index < -0.39 is 0 Å². The summed E-state index contributed by atoms with van der Waals surface area (Å²) in [4.78, 5) is 1.34. The molecule has 98 valence electrons. The molecule has 0 aliphatic heterocycles. The standard InChI is InChI=1S/C15H22N2S/c1-13-7-6-8-14(11-13)18-10-5-4-9-15(2,12-16)17-3/h6-8,11,17H,4-5,9-10H2,1-3H3. The van der Waals surface area contributed by atoms with Crippen LogP contribution in [0.1, 0.15) is 31.7 Å². The second kappa shape index (κ2) is 7.45. The number of hydrogen-bond donors (Lipinski definition) is 1. The van der Waals surface area contributed by atoms with E-state index in [0.717, 1.165) is 25.0 Å². The summed E-state index contributed by atoms with van der Waals surface area (Å²) in [7, 11) is 1.85. The van der Waals surface area contributed by atoms with E-state index >= 15 is 0 Å². The molecular formula is C15H22N2S. The van der Waals surface area contributed by atoms with Gasteiger partial charge in [0, 0.05) is 4.90 Å². The van der Waals surface area contributed by atoms with E-state index in [4.69, 9.17) is 5.26 Å². The molecule has 1 atom stereocenters. The maximum absolute atomic E-state index is 9.03. The summed E-state index contributed by atoms with van der Waals surface area (Å²) in [5.74, 6) is 1.12. The van der Waals surface area contributed by atoms with Gasteiger partial charge in [-0.25, -0.2) is 0 Å². The van der Waals surface area contributed by atoms with Crippen LogP contribution in [0.5, 0.6) is 0 Å². The maximum Gasteiger partial charge on any atom is 0.103 e. The largest absolute Gasteiger partial charge is 0.303 e. The average Bonchev–Trinajstić information content (AvgIpc) is 2.38. The molecule has 1 rings (SSSR count). The van der Waals surface area contributed by atoms with Crippen LogP contribution in [0.4, 0.5) is 0 Å². The molecular weight excluding hydrogens is 240 g/mol. The Kier molecular flexibility index (Phi) is 6.24. The smallest absolute Gasteiger partial charge is 0.103 e. The third-order valence-corrected chi connectivity index (χ3v) is 4.21. The van der Waals surface area contributed by atoms with Gasteiger partial charge in [0.2, 0.25) is 0 Å². The van der Waals surface area contributed by atoms with Crippen LogP contribution in [0.3, 0.4) is 0 Å². The molecule has 0 aromatic heterocycles. The first kappa shape index (κ1) is 15.1. The van der Waals surface area contributed by atoms with Crippen LogP contribution in [0.15, 0.2) is 29.2 Å². The topological polar surface area (TPSA) is 35.8 Å². The summed E-state index contributed by atoms with van der Waals surface area (Å²) in [6.07, 6.45) is 3.15. The average molecular weight is 262 g/mol. The third kappa shape index (κ3) is 5.12. The van der Waals surface area contributed by atoms with Crippen molar-refractivity contribution in [3.05, 3.63) is 29.8 Å². The molecule has 0 saturated heterocycles. The van der Waals surface area contributed by atoms with Gasteiger partial charge in [0.1, 0.15) is 5.54 Å². The van der Waals surface area contributed by atoms with E-state index in [1.165, 1.54) is 10.5 Å². The molecule has 18 heavy (non-hydrogen) atoms. The quantitative estimate of drug-likeness (QED) is 0.600. The van der Waals surface area contributed by atoms with Gasteiger partial charge in [0.25, 0.3) is 0 Å². The van der Waals surface area contributed by atoms with Gasteiger partial charge in [-0.1, -0.05) is 17.7 Å². The molecule has 3 heteroatoms. The van der Waals surface area contributed by atoms with Gasteiger partial charge < -0.3 is 5.32 Å². The van der Waals surface area contributed by atoms with E-state index in [2.05, 4.69) is 42.6 Å². The van der Waals surface area contributed by atoms with Gasteiger partial charge in [0.05, 0.1) is 6.07 Å². The van der Waals surface area contributed by atoms with Crippen LogP contribution in [0, 0.1) is 18.3 Å². The molecule has 1 aromatic carbocycles. The predicted molar refractivity (Wildman–Crippen MR) is 78.8 cm³/mol. The van der Waals surface area contributed by atoms with Crippen LogP contribution in [-0.2, 0) is 0 Å². The van der Waals surface area contributed by atoms with Crippen molar-refractivity contribution in [3.8, 4) is 6.07 Å². The number of nitrogens with one attached hydrogen (secondary N) is 1. The predicted octanol–water partition coefficient (Wildman–Crippen LogP) is 3.76. The first-order valence-corrected chi connectivity index (χ1v) is 7.38. The van der Waals surface area contributed by atoms with Gasteiger partial charge in [-0.2, -0.15) is 5.26 Å². The number of nitriles is 1. The fourth-order valence-corrected chi connectivity index (χ4v) is 2.74. The molecule has 0 spiro atoms. The summed E-state index contributed by atoms with van der Waals surface area (Å²) in [5, 5.41) is 12.1. The summed E-state index contributed by atoms with van der Waals surface area (Å²) < 4.78 is 0. The number of aryl methyl sites for hydroxylation is 1. The lowest BCUT2D eigenvalue weighted by Gasteiger charge is -2.20. The Morgan fingerprint density at radius 3 is 2.78 bits per heavy atom. The Labute approximate surface area is 115 Å². The van der Waals surface area contributed by atoms with Crippen molar-refractivity contribution in [3.63, 3.8) is 0 Å². The summed E-state index contributed by atoms with van der Waals surface area (Å²) in [6, 6.07) is 10.9. The normalized spacial score (nSPS) is 13.9. The molecule has 0 radical (unpaired) electrons. The van der Waals surface area contributed by atoms with Crippen molar-refractivity contribution in [2.45, 2.75) is 43.5 Å². The van der Waals surface area contributed by atoms with Gasteiger partial charge in [-0.05, 0) is 58.0 Å². The molecule has 2 nitrogen and oxygen atoms in total. The molecule has 0 heterocycles. The number of nitrogens with zero attached hydrogens (tertiary/aromatic N) is 1. The molecule has 0 bridgehead atoms. The van der Waals surface area contributed by atoms with E-state index in [-0.39, 0.29) is 5.54 Å². The molecule has 0 aliphatic carbocycles. The van der Waals surface area contributed by atoms with Gasteiger partial charge in [-0.15, -0.1) is 11.8 Å². The van der Waals surface area contributed by atoms with E-state index in [1.807, 2.05) is 25.7 Å². The van der Waals surface area contributed by atoms with Crippen LogP contribution in [0.25, 0.3) is 0 Å². The van der Waals surface area contributed by atoms with Crippen molar-refractivity contribution in [1.29, 1.82) is 5.26 Å². The van der Waals surface area contributed by atoms with Crippen LogP contribution < -0.4 is 5.32 Å². The number of hydrogen-bond acceptors (Lipinski definition) is 3. The highest BCUT2D eigenvalue weighted by Crippen LogP contribution is 2.21. The van der Waals surface area contributed by atoms with Gasteiger partial charge in [0.15, 0.2) is 0 Å². The fourth-order valence-electron chi connectivity index (χ4n) is 1.71. The number of thioether (sulfide) groups is 1. The van der Waals surface area contributed by atoms with Crippen molar-refractivity contribution >= 4 is 11.8 Å². The lowest BCUT2D eigenvalue weighted by atomic mass is 9.97. The van der Waals surface area contributed by atoms with Crippen LogP contribution in [0.2, 0.25) is 0 Å². The minimum Gasteiger partial charge on any atom is -0.303 e. The zero-order valence-corrected chi connectivity index (χ0v) is 12.3. The zero-order chi connectivity index (χ0) is 13.4. The highest BCUT2D eigenvalue weighted by molar-refractivity contribution is 7.99. The molecule has 1 N–H and O–H groups in total. The number of rotatable bonds is 7. The lowest BCUT2D eigenvalue weighted by Crippen LogP contribution is -2.37. The third-order valence-electron chi connectivity index (χ3n) is 3.13. The number of benzene rings is 1. The highest BCUT2D eigenvalue weighted by Gasteiger charge is 2.19. The monoisotopic (exact) mass is 262 g/mol. The van der Waals surface area contributed by atoms with Crippen molar-refractivity contribution in [2.24, 2.45) is 0 Å². The zero-order valence-electron chi connectivity index (χ0n) is 11.5. The van der Waals surface area contributed by atoms with Crippen molar-refractivity contribution < 1.29 is 0 Å². The second-order valence-corrected chi connectivity index (χ2v) is 5.98. The Hall–Kier alpha value is -0.980. The Balaban J connectivity index is 2.22. The van der Waals surface area contributed by atoms with E-state index in [9.17, 15) is 0 Å². The Morgan fingerprint density at radius 2 is 2.17 bits per heavy atom. The Morgan fingerprint density at radius 1 is 1.39 bits per heavy atom. The van der Waals surface area contributed by atoms with Crippen molar-refractivity contribution in [1.82, 2.24) is 5.32 Å². The van der Waals surface area contributed by atoms with Gasteiger partial charge in [-0.3, -0.25) is 0 Å². The molecule has 0 amide bonds. The Bertz CT molecular complexity index is 411. The lowest BCUT2D eigenvalue weighted by molar-refractivity contribution is 0.439.